The van der Waals surface area contributed by atoms with Gasteiger partial charge in [0.2, 0.25) is 0 Å². The van der Waals surface area contributed by atoms with E-state index >= 15 is 0 Å². The number of carbonyl (C=O) groups excluding carboxylic acids is 1. The van der Waals surface area contributed by atoms with Crippen molar-refractivity contribution in [2.24, 2.45) is 0 Å². The van der Waals surface area contributed by atoms with E-state index in [1.54, 1.807) is 0 Å². The second-order valence-electron chi connectivity index (χ2n) is 2.87. The van der Waals surface area contributed by atoms with Gasteiger partial charge in [0.05, 0.1) is 0 Å². The number of halogens is 3. The second-order valence-corrected chi connectivity index (χ2v) is 2.87. The molecule has 6 heteroatoms. The highest BCUT2D eigenvalue weighted by atomic mass is 19.4. The first kappa shape index (κ1) is 12.8. The van der Waals surface area contributed by atoms with Gasteiger partial charge in [-0.05, 0) is 0 Å². The number of amides is 1. The minimum absolute atomic E-state index is 0.228. The summed E-state index contributed by atoms with van der Waals surface area (Å²) in [5.41, 5.74) is -1.50. The van der Waals surface area contributed by atoms with Crippen molar-refractivity contribution in [1.29, 1.82) is 0 Å². The maximum Gasteiger partial charge on any atom is 0.424 e. The standard InChI is InChI=1S/C8H12F3NO2/c1-4-5(13)6(8(9,10)11)7(14)12(2)3/h13H,4H2,1-3H3/b6-5-. The molecule has 0 heterocycles. The van der Waals surface area contributed by atoms with Gasteiger partial charge in [-0.2, -0.15) is 13.2 Å². The fourth-order valence-corrected chi connectivity index (χ4v) is 0.809. The van der Waals surface area contributed by atoms with Gasteiger partial charge < -0.3 is 10.0 Å². The molecule has 0 radical (unpaired) electrons. The van der Waals surface area contributed by atoms with Gasteiger partial charge in [0.15, 0.2) is 5.57 Å². The summed E-state index contributed by atoms with van der Waals surface area (Å²) in [6.45, 7) is 1.34. The minimum atomic E-state index is -4.82. The zero-order valence-corrected chi connectivity index (χ0v) is 8.14. The molecule has 0 aliphatic rings. The molecule has 1 N–H and O–H groups in total. The van der Waals surface area contributed by atoms with Crippen molar-refractivity contribution in [3.63, 3.8) is 0 Å². The molecule has 0 aliphatic heterocycles. The summed E-state index contributed by atoms with van der Waals surface area (Å²) < 4.78 is 36.9. The quantitative estimate of drug-likeness (QED) is 0.559. The molecule has 0 aliphatic carbocycles. The molecule has 0 unspecified atom stereocenters. The van der Waals surface area contributed by atoms with E-state index in [-0.39, 0.29) is 6.42 Å². The van der Waals surface area contributed by atoms with Crippen LogP contribution in [0, 0.1) is 0 Å². The summed E-state index contributed by atoms with van der Waals surface area (Å²) in [6.07, 6.45) is -5.05. The highest BCUT2D eigenvalue weighted by Crippen LogP contribution is 2.29. The molecule has 0 aromatic carbocycles. The first-order valence-electron chi connectivity index (χ1n) is 3.92. The van der Waals surface area contributed by atoms with Crippen LogP contribution >= 0.6 is 0 Å². The molecule has 0 aromatic heterocycles. The Balaban J connectivity index is 5.25. The van der Waals surface area contributed by atoms with Gasteiger partial charge >= 0.3 is 6.18 Å². The largest absolute Gasteiger partial charge is 0.511 e. The summed E-state index contributed by atoms with van der Waals surface area (Å²) in [5, 5.41) is 8.98. The Labute approximate surface area is 79.8 Å². The summed E-state index contributed by atoms with van der Waals surface area (Å²) in [6, 6.07) is 0. The van der Waals surface area contributed by atoms with Crippen LogP contribution in [0.3, 0.4) is 0 Å². The number of aliphatic hydroxyl groups excluding tert-OH is 1. The van der Waals surface area contributed by atoms with Crippen LogP contribution in [-0.2, 0) is 4.79 Å². The zero-order valence-electron chi connectivity index (χ0n) is 8.14. The number of carbonyl (C=O) groups is 1. The van der Waals surface area contributed by atoms with E-state index in [0.29, 0.717) is 0 Å². The molecule has 0 spiro atoms. The number of likely N-dealkylation sites (N-methyl/N-ethyl adjacent to an activating group) is 1. The fraction of sp³-hybridized carbons (Fsp3) is 0.625. The van der Waals surface area contributed by atoms with Crippen LogP contribution in [0.5, 0.6) is 0 Å². The van der Waals surface area contributed by atoms with Gasteiger partial charge in [0.1, 0.15) is 5.76 Å². The van der Waals surface area contributed by atoms with Crippen LogP contribution in [0.25, 0.3) is 0 Å². The Hall–Kier alpha value is -1.20. The Morgan fingerprint density at radius 3 is 2.00 bits per heavy atom. The van der Waals surface area contributed by atoms with Crippen molar-refractivity contribution >= 4 is 5.91 Å². The van der Waals surface area contributed by atoms with Crippen LogP contribution in [0.1, 0.15) is 13.3 Å². The number of allylic oxidation sites excluding steroid dienone is 1. The molecule has 14 heavy (non-hydrogen) atoms. The SMILES string of the molecule is CC/C(O)=C(\C(=O)N(C)C)C(F)(F)F. The van der Waals surface area contributed by atoms with Crippen LogP contribution in [0.4, 0.5) is 13.2 Å². The van der Waals surface area contributed by atoms with E-state index < -0.39 is 23.4 Å². The van der Waals surface area contributed by atoms with Crippen molar-refractivity contribution in [1.82, 2.24) is 4.90 Å². The average molecular weight is 211 g/mol. The normalized spacial score (nSPS) is 13.6. The Kier molecular flexibility index (Phi) is 3.97. The average Bonchev–Trinajstić information content (AvgIpc) is 2.01. The van der Waals surface area contributed by atoms with E-state index in [2.05, 4.69) is 0 Å². The van der Waals surface area contributed by atoms with Crippen LogP contribution in [0.15, 0.2) is 11.3 Å². The summed E-state index contributed by atoms with van der Waals surface area (Å²) in [7, 11) is 2.38. The third kappa shape index (κ3) is 2.93. The number of rotatable bonds is 2. The van der Waals surface area contributed by atoms with Crippen molar-refractivity contribution in [3.05, 3.63) is 11.3 Å². The number of hydrogen-bond donors (Lipinski definition) is 1. The Morgan fingerprint density at radius 1 is 1.36 bits per heavy atom. The first-order chi connectivity index (χ1) is 6.21. The predicted octanol–water partition coefficient (Wildman–Crippen LogP) is 1.86. The topological polar surface area (TPSA) is 40.5 Å². The van der Waals surface area contributed by atoms with Crippen molar-refractivity contribution in [2.75, 3.05) is 14.1 Å². The second kappa shape index (κ2) is 4.34. The maximum atomic E-state index is 12.3. The third-order valence-corrected chi connectivity index (χ3v) is 1.53. The molecule has 1 amide bonds. The highest BCUT2D eigenvalue weighted by molar-refractivity contribution is 5.94. The molecule has 0 fully saturated rings. The summed E-state index contributed by atoms with van der Waals surface area (Å²) in [5.74, 6) is -2.17. The molecule has 0 atom stereocenters. The maximum absolute atomic E-state index is 12.3. The van der Waals surface area contributed by atoms with E-state index in [9.17, 15) is 18.0 Å². The zero-order chi connectivity index (χ0) is 11.5. The van der Waals surface area contributed by atoms with Gasteiger partial charge in [-0.15, -0.1) is 0 Å². The lowest BCUT2D eigenvalue weighted by atomic mass is 10.1. The predicted molar refractivity (Wildman–Crippen MR) is 44.7 cm³/mol. The van der Waals surface area contributed by atoms with E-state index in [1.165, 1.54) is 21.0 Å². The van der Waals surface area contributed by atoms with Gasteiger partial charge in [0, 0.05) is 20.5 Å². The first-order valence-corrected chi connectivity index (χ1v) is 3.92. The monoisotopic (exact) mass is 211 g/mol. The van der Waals surface area contributed by atoms with Gasteiger partial charge in [-0.1, -0.05) is 6.92 Å². The molecule has 0 saturated carbocycles. The van der Waals surface area contributed by atoms with Crippen molar-refractivity contribution < 1.29 is 23.1 Å². The van der Waals surface area contributed by atoms with Crippen molar-refractivity contribution in [2.45, 2.75) is 19.5 Å². The molecule has 0 saturated heterocycles. The van der Waals surface area contributed by atoms with Crippen molar-refractivity contribution in [3.8, 4) is 0 Å². The summed E-state index contributed by atoms with van der Waals surface area (Å²) in [4.78, 5) is 11.9. The minimum Gasteiger partial charge on any atom is -0.511 e. The molecule has 0 rings (SSSR count). The van der Waals surface area contributed by atoms with Crippen LogP contribution < -0.4 is 0 Å². The molecule has 0 bridgehead atoms. The number of aliphatic hydroxyl groups is 1. The molecule has 82 valence electrons. The molecule has 0 aromatic rings. The smallest absolute Gasteiger partial charge is 0.424 e. The van der Waals surface area contributed by atoms with Crippen LogP contribution in [0.2, 0.25) is 0 Å². The van der Waals surface area contributed by atoms with Gasteiger partial charge in [-0.25, -0.2) is 0 Å². The fourth-order valence-electron chi connectivity index (χ4n) is 0.809. The number of hydrogen-bond acceptors (Lipinski definition) is 2. The van der Waals surface area contributed by atoms with E-state index in [1.807, 2.05) is 0 Å². The number of alkyl halides is 3. The Bertz CT molecular complexity index is 256. The number of nitrogens with zero attached hydrogens (tertiary/aromatic N) is 1. The Morgan fingerprint density at radius 2 is 1.79 bits per heavy atom. The van der Waals surface area contributed by atoms with Gasteiger partial charge in [-0.3, -0.25) is 4.79 Å². The van der Waals surface area contributed by atoms with Gasteiger partial charge in [0.25, 0.3) is 5.91 Å². The van der Waals surface area contributed by atoms with E-state index in [4.69, 9.17) is 5.11 Å². The highest BCUT2D eigenvalue weighted by Gasteiger charge is 2.42. The molecular weight excluding hydrogens is 199 g/mol. The van der Waals surface area contributed by atoms with E-state index in [0.717, 1.165) is 4.90 Å². The molecular formula is C8H12F3NO2. The lowest BCUT2D eigenvalue weighted by Crippen LogP contribution is -2.32. The van der Waals surface area contributed by atoms with Crippen LogP contribution in [-0.4, -0.2) is 36.2 Å². The third-order valence-electron chi connectivity index (χ3n) is 1.53. The lowest BCUT2D eigenvalue weighted by molar-refractivity contribution is -0.138. The molecule has 3 nitrogen and oxygen atoms in total. The lowest BCUT2D eigenvalue weighted by Gasteiger charge is -2.17. The summed E-state index contributed by atoms with van der Waals surface area (Å²) >= 11 is 0.